The first kappa shape index (κ1) is 101. The van der Waals surface area contributed by atoms with Gasteiger partial charge in [-0.2, -0.15) is 25.8 Å². The molecule has 0 bridgehead atoms. The van der Waals surface area contributed by atoms with Crippen LogP contribution in [0.3, 0.4) is 0 Å². The number of anilines is 4. The Hall–Kier alpha value is -10.6. The van der Waals surface area contributed by atoms with Crippen LogP contribution in [-0.2, 0) is 19.2 Å². The van der Waals surface area contributed by atoms with E-state index in [1.807, 2.05) is 140 Å². The van der Waals surface area contributed by atoms with Crippen LogP contribution < -0.4 is 40.9 Å². The monoisotopic (exact) mass is 2040 g/mol. The summed E-state index contributed by atoms with van der Waals surface area (Å²) in [7, 11) is 0. The van der Waals surface area contributed by atoms with Crippen LogP contribution in [-0.4, -0.2) is 277 Å². The van der Waals surface area contributed by atoms with Gasteiger partial charge in [0.15, 0.2) is 5.69 Å². The summed E-state index contributed by atoms with van der Waals surface area (Å²) in [5.41, 5.74) is 11.8. The van der Waals surface area contributed by atoms with E-state index in [9.17, 15) is 54.5 Å². The molecular formula is C103H115Cl7FN21O8. The Balaban J connectivity index is 0.000000129. The average Bonchev–Trinajstić information content (AvgIpc) is 1.61. The van der Waals surface area contributed by atoms with Gasteiger partial charge in [0.1, 0.15) is 18.0 Å². The number of hydrogen-bond acceptors (Lipinski definition) is 21. The fourth-order valence-corrected chi connectivity index (χ4v) is 22.7. The number of aliphatic hydroxyl groups excluding tert-OH is 4. The minimum absolute atomic E-state index is 0.0543. The number of rotatable bonds is 20. The fraction of sp³-hybridized carbons (Fsp3) is 0.427. The van der Waals surface area contributed by atoms with Gasteiger partial charge in [0.25, 0.3) is 0 Å². The number of nitrogens with one attached hydrogen (secondary N) is 4. The highest BCUT2D eigenvalue weighted by molar-refractivity contribution is 6.36. The van der Waals surface area contributed by atoms with Gasteiger partial charge in [0, 0.05) is 170 Å². The number of piperazine rings is 4. The number of amides is 4. The predicted octanol–water partition coefficient (Wildman–Crippen LogP) is 14.7. The van der Waals surface area contributed by atoms with Gasteiger partial charge in [-0.3, -0.25) is 33.2 Å². The molecule has 0 radical (unpaired) electrons. The van der Waals surface area contributed by atoms with Crippen molar-refractivity contribution >= 4 is 171 Å². The summed E-state index contributed by atoms with van der Waals surface area (Å²) in [6.07, 6.45) is 13.1. The van der Waals surface area contributed by atoms with Gasteiger partial charge in [-0.05, 0) is 237 Å². The Labute approximate surface area is 847 Å². The van der Waals surface area contributed by atoms with Crippen molar-refractivity contribution in [3.05, 3.63) is 239 Å². The number of halogens is 8. The van der Waals surface area contributed by atoms with E-state index in [2.05, 4.69) is 110 Å². The molecule has 12 aromatic rings. The number of hydrogen-bond donors (Lipinski definition) is 8. The molecule has 7 unspecified atom stereocenters. The molecule has 4 aromatic heterocycles. The van der Waals surface area contributed by atoms with Crippen LogP contribution in [0.5, 0.6) is 0 Å². The molecule has 736 valence electrons. The van der Waals surface area contributed by atoms with E-state index < -0.39 is 0 Å². The number of carbonyl (C=O) groups excluding carboxylic acids is 4. The molecule has 12 heterocycles. The van der Waals surface area contributed by atoms with Gasteiger partial charge in [0.05, 0.1) is 139 Å². The van der Waals surface area contributed by atoms with E-state index in [1.165, 1.54) is 6.07 Å². The minimum atomic E-state index is -0.358. The van der Waals surface area contributed by atoms with Crippen molar-refractivity contribution in [1.29, 1.82) is 10.5 Å². The molecule has 8 N–H and O–H groups in total. The van der Waals surface area contributed by atoms with Crippen LogP contribution in [0.2, 0.25) is 35.2 Å². The SMILES string of the molecule is CC(c1ccc(Cl)cc1Cl)n1cc(C#N)c2ccc(N3CCN(C(=O)C4CCCN4)[C@H](CO)C3)cc21.CC(c1ccc(Cl)cc1Cl)n1nc(C#N)c2ccc(N3CCN(C(=O)C4CCCCN4)[C@H](CO)C3)cc21.CC(c1ccc(Cl)cc1Cl)n1ncc2ccc(N3CCN(C(=O)[C@H]4CCN4)[C@H](CO)C3)cc21.CC(c1ccc(Cl)cc1F)n1ncc2ccc(N3CCN(C(=O)C4CCCN4)[C@H](CO)C3)cc21. The number of aromatic nitrogens is 7. The molecule has 8 saturated heterocycles. The molecule has 12 atom stereocenters. The molecule has 4 amide bonds. The van der Waals surface area contributed by atoms with E-state index in [0.717, 1.165) is 161 Å². The van der Waals surface area contributed by atoms with Crippen LogP contribution in [0.25, 0.3) is 43.6 Å². The van der Waals surface area contributed by atoms with Crippen molar-refractivity contribution in [1.82, 2.24) is 74.8 Å². The van der Waals surface area contributed by atoms with Gasteiger partial charge in [-0.1, -0.05) is 112 Å². The van der Waals surface area contributed by atoms with Crippen LogP contribution in [0.4, 0.5) is 27.1 Å². The largest absolute Gasteiger partial charge is 0.394 e. The Bertz CT molecular complexity index is 6610. The summed E-state index contributed by atoms with van der Waals surface area (Å²) in [6, 6.07) is 47.6. The maximum absolute atomic E-state index is 14.6. The molecule has 0 aliphatic carbocycles. The Kier molecular flexibility index (Phi) is 32.4. The van der Waals surface area contributed by atoms with Crippen LogP contribution >= 0.6 is 81.2 Å². The zero-order valence-electron chi connectivity index (χ0n) is 78.4. The second-order valence-electron chi connectivity index (χ2n) is 37.3. The van der Waals surface area contributed by atoms with Crippen molar-refractivity contribution in [2.24, 2.45) is 0 Å². The van der Waals surface area contributed by atoms with E-state index >= 15 is 0 Å². The van der Waals surface area contributed by atoms with E-state index in [-0.39, 0.29) is 128 Å². The third kappa shape index (κ3) is 21.5. The highest BCUT2D eigenvalue weighted by atomic mass is 35.5. The number of aliphatic hydroxyl groups is 4. The number of benzene rings is 8. The van der Waals surface area contributed by atoms with Crippen molar-refractivity contribution in [2.45, 2.75) is 152 Å². The third-order valence-corrected chi connectivity index (χ3v) is 30.8. The average molecular weight is 2040 g/mol. The molecule has 0 saturated carbocycles. The zero-order chi connectivity index (χ0) is 98.4. The number of piperidine rings is 1. The van der Waals surface area contributed by atoms with Gasteiger partial charge in [-0.15, -0.1) is 0 Å². The van der Waals surface area contributed by atoms with E-state index in [4.69, 9.17) is 81.2 Å². The Morgan fingerprint density at radius 2 is 0.743 bits per heavy atom. The van der Waals surface area contributed by atoms with Crippen LogP contribution in [0.15, 0.2) is 164 Å². The highest BCUT2D eigenvalue weighted by Crippen LogP contribution is 2.41. The third-order valence-electron chi connectivity index (χ3n) is 28.9. The van der Waals surface area contributed by atoms with E-state index in [1.54, 1.807) is 42.6 Å². The summed E-state index contributed by atoms with van der Waals surface area (Å²) >= 11 is 43.6. The summed E-state index contributed by atoms with van der Waals surface area (Å²) < 4.78 is 22.3. The lowest BCUT2D eigenvalue weighted by molar-refractivity contribution is -0.139. The molecular weight excluding hydrogens is 1930 g/mol. The summed E-state index contributed by atoms with van der Waals surface area (Å²) in [5.74, 6) is -0.00376. The fourth-order valence-electron chi connectivity index (χ4n) is 20.8. The van der Waals surface area contributed by atoms with Crippen LogP contribution in [0.1, 0.15) is 137 Å². The molecule has 20 rings (SSSR count). The number of nitriles is 2. The molecule has 29 nitrogen and oxygen atoms in total. The maximum Gasteiger partial charge on any atom is 0.240 e. The summed E-state index contributed by atoms with van der Waals surface area (Å²) in [5, 5.41) is 94.1. The van der Waals surface area contributed by atoms with Gasteiger partial charge in [-0.25, -0.2) is 4.39 Å². The number of nitrogens with zero attached hydrogens (tertiary/aromatic N) is 17. The molecule has 8 fully saturated rings. The van der Waals surface area contributed by atoms with Gasteiger partial charge in [0.2, 0.25) is 23.6 Å². The zero-order valence-corrected chi connectivity index (χ0v) is 83.7. The molecule has 8 aliphatic heterocycles. The molecule has 8 aromatic carbocycles. The molecule has 8 aliphatic rings. The first-order valence-electron chi connectivity index (χ1n) is 48.0. The normalized spacial score (nSPS) is 21.5. The lowest BCUT2D eigenvalue weighted by Gasteiger charge is -2.44. The van der Waals surface area contributed by atoms with E-state index in [0.29, 0.717) is 131 Å². The van der Waals surface area contributed by atoms with Gasteiger partial charge >= 0.3 is 0 Å². The lowest BCUT2D eigenvalue weighted by atomic mass is 10.0. The molecule has 140 heavy (non-hydrogen) atoms. The molecule has 0 spiro atoms. The second-order valence-corrected chi connectivity index (χ2v) is 40.2. The smallest absolute Gasteiger partial charge is 0.240 e. The first-order chi connectivity index (χ1) is 67.7. The first-order valence-corrected chi connectivity index (χ1v) is 50.7. The highest BCUT2D eigenvalue weighted by Gasteiger charge is 2.41. The van der Waals surface area contributed by atoms with Crippen molar-refractivity contribution < 1.29 is 44.0 Å². The van der Waals surface area contributed by atoms with Crippen molar-refractivity contribution in [3.8, 4) is 12.1 Å². The topological polar surface area (TPSA) is 329 Å². The summed E-state index contributed by atoms with van der Waals surface area (Å²) in [4.78, 5) is 68.0. The van der Waals surface area contributed by atoms with Crippen molar-refractivity contribution in [2.75, 3.05) is 151 Å². The molecule has 37 heteroatoms. The quantitative estimate of drug-likeness (QED) is 0.0351. The number of carbonyl (C=O) groups is 4. The lowest BCUT2D eigenvalue weighted by Crippen LogP contribution is -2.63. The Morgan fingerprint density at radius 1 is 0.393 bits per heavy atom. The minimum Gasteiger partial charge on any atom is -0.394 e. The predicted molar refractivity (Wildman–Crippen MR) is 550 cm³/mol. The van der Waals surface area contributed by atoms with Crippen LogP contribution in [0, 0.1) is 28.5 Å². The standard InChI is InChI=1S/C27H30Cl2N6O2.C27H29Cl2N5O2.C25H29ClFN5O2.C24H27Cl2N5O2/c1-17(21-7-5-18(28)12-23(21)29)35-26-13-19(6-8-22(26)25(14-30)32-35)33-10-11-34(20(15-33)16-36)27(37)24-4-2-3-9-31-24;1-17(22-6-4-19(28)11-24(22)29)34-14-18(13-30)23-7-5-20(12-26(23)34)32-9-10-33(21(15-32)16-35)27(36)25-3-2-8-31-25;1-16(21-7-5-18(26)11-22(21)27)32-24-12-19(6-4-17(24)13-29-32)30-9-10-31(20(14-30)15-33)25(34)23-3-2-8-28-23;1-15(20-5-3-17(25)10-21(20)26)31-23-11-18(4-2-16(23)12-28-31)29-8-9-30(19(13-29)14-32)24(33)22-6-7-27-22/h5-8,12-13,17,20,24,31,36H,2-4,9-11,15-16H2,1H3;4-7,11-12,14,17,21,25,31,35H,2-3,8-10,15-16H2,1H3;4-7,11-13,16,20,23,28,33H,2-3,8-10,14-15H2,1H3;2-5,10-12,15,19,22,27,32H,6-9,13-14H2,1H3/t17?,20-,24?;17?,21-,25?;16?,20-,23?;15?,19-,22+/m0000/s1. The van der Waals surface area contributed by atoms with Gasteiger partial charge < -0.3 is 85.5 Å². The Morgan fingerprint density at radius 3 is 1.11 bits per heavy atom. The van der Waals surface area contributed by atoms with Crippen molar-refractivity contribution in [3.63, 3.8) is 0 Å². The number of fused-ring (bicyclic) bond motifs is 4. The summed E-state index contributed by atoms with van der Waals surface area (Å²) in [6.45, 7) is 18.3. The maximum atomic E-state index is 14.6. The second kappa shape index (κ2) is 44.9.